The minimum atomic E-state index is -0.589. The third-order valence-corrected chi connectivity index (χ3v) is 3.43. The van der Waals surface area contributed by atoms with Crippen LogP contribution in [0.15, 0.2) is 42.5 Å². The van der Waals surface area contributed by atoms with Crippen molar-refractivity contribution in [1.29, 1.82) is 0 Å². The maximum atomic E-state index is 10.1. The highest BCUT2D eigenvalue weighted by Crippen LogP contribution is 2.37. The molecule has 0 fully saturated rings. The molecule has 1 atom stereocenters. The maximum Gasteiger partial charge on any atom is 0.126 e. The summed E-state index contributed by atoms with van der Waals surface area (Å²) in [4.78, 5) is 2.07. The van der Waals surface area contributed by atoms with Crippen LogP contribution < -0.4 is 9.64 Å². The van der Waals surface area contributed by atoms with Crippen molar-refractivity contribution in [2.75, 3.05) is 19.1 Å². The number of anilines is 2. The van der Waals surface area contributed by atoms with Gasteiger partial charge in [-0.05, 0) is 43.7 Å². The molecular weight excluding hydrogens is 250 g/mol. The molecule has 0 aromatic heterocycles. The van der Waals surface area contributed by atoms with Crippen molar-refractivity contribution < 1.29 is 9.84 Å². The molecule has 1 N–H and O–H groups in total. The average Bonchev–Trinajstić information content (AvgIpc) is 2.45. The molecule has 2 rings (SSSR count). The Balaban J connectivity index is 2.52. The number of hydrogen-bond acceptors (Lipinski definition) is 3. The number of ether oxygens (including phenoxy) is 1. The Morgan fingerprint density at radius 2 is 1.85 bits per heavy atom. The molecule has 2 aromatic carbocycles. The van der Waals surface area contributed by atoms with Crippen molar-refractivity contribution in [3.8, 4) is 5.75 Å². The zero-order chi connectivity index (χ0) is 14.7. The second kappa shape index (κ2) is 5.97. The van der Waals surface area contributed by atoms with Crippen LogP contribution in [0.4, 0.5) is 11.4 Å². The molecule has 0 saturated heterocycles. The number of methoxy groups -OCH3 is 1. The number of benzene rings is 2. The molecule has 0 bridgehead atoms. The van der Waals surface area contributed by atoms with E-state index in [0.717, 1.165) is 16.9 Å². The van der Waals surface area contributed by atoms with Crippen LogP contribution >= 0.6 is 0 Å². The van der Waals surface area contributed by atoms with Crippen LogP contribution in [0.5, 0.6) is 5.75 Å². The van der Waals surface area contributed by atoms with Gasteiger partial charge in [-0.3, -0.25) is 0 Å². The first kappa shape index (κ1) is 14.4. The van der Waals surface area contributed by atoms with Crippen LogP contribution in [0.1, 0.15) is 24.2 Å². The van der Waals surface area contributed by atoms with Crippen molar-refractivity contribution in [3.05, 3.63) is 53.6 Å². The molecule has 0 radical (unpaired) electrons. The molecule has 20 heavy (non-hydrogen) atoms. The van der Waals surface area contributed by atoms with E-state index in [-0.39, 0.29) is 0 Å². The van der Waals surface area contributed by atoms with Gasteiger partial charge in [-0.2, -0.15) is 0 Å². The predicted octanol–water partition coefficient (Wildman–Crippen LogP) is 3.82. The fraction of sp³-hybridized carbons (Fsp3) is 0.294. The molecular formula is C17H21NO2. The van der Waals surface area contributed by atoms with E-state index < -0.39 is 6.10 Å². The van der Waals surface area contributed by atoms with Crippen LogP contribution in [0.3, 0.4) is 0 Å². The van der Waals surface area contributed by atoms with Crippen LogP contribution in [0, 0.1) is 6.92 Å². The lowest BCUT2D eigenvalue weighted by molar-refractivity contribution is 0.195. The van der Waals surface area contributed by atoms with Gasteiger partial charge in [0.2, 0.25) is 0 Å². The maximum absolute atomic E-state index is 10.1. The number of rotatable bonds is 4. The Morgan fingerprint density at radius 3 is 2.45 bits per heavy atom. The predicted molar refractivity (Wildman–Crippen MR) is 82.9 cm³/mol. The largest absolute Gasteiger partial charge is 0.496 e. The summed E-state index contributed by atoms with van der Waals surface area (Å²) in [5.41, 5.74) is 4.04. The molecule has 0 saturated carbocycles. The smallest absolute Gasteiger partial charge is 0.126 e. The summed E-state index contributed by atoms with van der Waals surface area (Å²) in [7, 11) is 3.62. The zero-order valence-corrected chi connectivity index (χ0v) is 12.4. The van der Waals surface area contributed by atoms with E-state index >= 15 is 0 Å². The van der Waals surface area contributed by atoms with E-state index in [2.05, 4.69) is 30.0 Å². The second-order valence-electron chi connectivity index (χ2n) is 4.97. The standard InChI is InChI=1S/C17H21NO2/c1-12-7-5-8-14(11-12)18(3)15-9-6-10-16(20-4)17(15)13(2)19/h5-11,13,19H,1-4H3. The summed E-state index contributed by atoms with van der Waals surface area (Å²) >= 11 is 0. The van der Waals surface area contributed by atoms with Gasteiger partial charge in [-0.1, -0.05) is 18.2 Å². The SMILES string of the molecule is COc1cccc(N(C)c2cccc(C)c2)c1C(C)O. The topological polar surface area (TPSA) is 32.7 Å². The van der Waals surface area contributed by atoms with Crippen molar-refractivity contribution in [1.82, 2.24) is 0 Å². The van der Waals surface area contributed by atoms with Crippen LogP contribution in [-0.2, 0) is 0 Å². The Bertz CT molecular complexity index is 593. The lowest BCUT2D eigenvalue weighted by Crippen LogP contribution is -2.13. The van der Waals surface area contributed by atoms with Gasteiger partial charge in [-0.25, -0.2) is 0 Å². The molecule has 0 aliphatic rings. The first-order chi connectivity index (χ1) is 9.54. The highest BCUT2D eigenvalue weighted by atomic mass is 16.5. The van der Waals surface area contributed by atoms with Crippen molar-refractivity contribution in [2.24, 2.45) is 0 Å². The lowest BCUT2D eigenvalue weighted by atomic mass is 10.1. The van der Waals surface area contributed by atoms with E-state index in [0.29, 0.717) is 5.75 Å². The molecule has 0 spiro atoms. The van der Waals surface area contributed by atoms with Crippen molar-refractivity contribution in [3.63, 3.8) is 0 Å². The van der Waals surface area contributed by atoms with Gasteiger partial charge >= 0.3 is 0 Å². The third-order valence-electron chi connectivity index (χ3n) is 3.43. The summed E-state index contributed by atoms with van der Waals surface area (Å²) in [6.45, 7) is 3.82. The fourth-order valence-electron chi connectivity index (χ4n) is 2.40. The van der Waals surface area contributed by atoms with E-state index in [4.69, 9.17) is 4.74 Å². The molecule has 0 amide bonds. The summed E-state index contributed by atoms with van der Waals surface area (Å²) in [6, 6.07) is 14.1. The van der Waals surface area contributed by atoms with E-state index in [9.17, 15) is 5.11 Å². The molecule has 2 aromatic rings. The highest BCUT2D eigenvalue weighted by molar-refractivity contribution is 5.69. The molecule has 106 valence electrons. The van der Waals surface area contributed by atoms with Gasteiger partial charge in [0, 0.05) is 18.3 Å². The number of aliphatic hydroxyl groups excluding tert-OH is 1. The van der Waals surface area contributed by atoms with Gasteiger partial charge in [0.15, 0.2) is 0 Å². The van der Waals surface area contributed by atoms with Gasteiger partial charge < -0.3 is 14.7 Å². The number of nitrogens with zero attached hydrogens (tertiary/aromatic N) is 1. The van der Waals surface area contributed by atoms with Gasteiger partial charge in [0.25, 0.3) is 0 Å². The molecule has 0 heterocycles. The highest BCUT2D eigenvalue weighted by Gasteiger charge is 2.17. The summed E-state index contributed by atoms with van der Waals surface area (Å²) in [6.07, 6.45) is -0.589. The van der Waals surface area contributed by atoms with Crippen molar-refractivity contribution in [2.45, 2.75) is 20.0 Å². The second-order valence-corrected chi connectivity index (χ2v) is 4.97. The molecule has 3 heteroatoms. The zero-order valence-electron chi connectivity index (χ0n) is 12.4. The molecule has 0 aliphatic heterocycles. The first-order valence-corrected chi connectivity index (χ1v) is 6.70. The monoisotopic (exact) mass is 271 g/mol. The lowest BCUT2D eigenvalue weighted by Gasteiger charge is -2.25. The van der Waals surface area contributed by atoms with Gasteiger partial charge in [0.05, 0.1) is 18.9 Å². The minimum absolute atomic E-state index is 0.589. The quantitative estimate of drug-likeness (QED) is 0.917. The average molecular weight is 271 g/mol. The molecule has 3 nitrogen and oxygen atoms in total. The third kappa shape index (κ3) is 2.78. The van der Waals surface area contributed by atoms with Gasteiger partial charge in [0.1, 0.15) is 5.75 Å². The van der Waals surface area contributed by atoms with Gasteiger partial charge in [-0.15, -0.1) is 0 Å². The number of hydrogen-bond donors (Lipinski definition) is 1. The number of aryl methyl sites for hydroxylation is 1. The Morgan fingerprint density at radius 1 is 1.15 bits per heavy atom. The Hall–Kier alpha value is -2.00. The van der Waals surface area contributed by atoms with Crippen LogP contribution in [-0.4, -0.2) is 19.3 Å². The van der Waals surface area contributed by atoms with Crippen LogP contribution in [0.2, 0.25) is 0 Å². The summed E-state index contributed by atoms with van der Waals surface area (Å²) in [5.74, 6) is 0.706. The normalized spacial score (nSPS) is 12.1. The number of aliphatic hydroxyl groups is 1. The van der Waals surface area contributed by atoms with Crippen LogP contribution in [0.25, 0.3) is 0 Å². The summed E-state index contributed by atoms with van der Waals surface area (Å²) in [5, 5.41) is 10.1. The Kier molecular flexibility index (Phi) is 4.30. The first-order valence-electron chi connectivity index (χ1n) is 6.70. The molecule has 1 unspecified atom stereocenters. The van der Waals surface area contributed by atoms with E-state index in [1.807, 2.05) is 31.3 Å². The fourth-order valence-corrected chi connectivity index (χ4v) is 2.40. The van der Waals surface area contributed by atoms with E-state index in [1.165, 1.54) is 5.56 Å². The van der Waals surface area contributed by atoms with Crippen molar-refractivity contribution >= 4 is 11.4 Å². The summed E-state index contributed by atoms with van der Waals surface area (Å²) < 4.78 is 5.37. The van der Waals surface area contributed by atoms with E-state index in [1.54, 1.807) is 14.0 Å². The molecule has 0 aliphatic carbocycles. The Labute approximate surface area is 120 Å². The minimum Gasteiger partial charge on any atom is -0.496 e.